The molecule has 0 atom stereocenters. The molecule has 0 aliphatic carbocycles. The molecule has 0 radical (unpaired) electrons. The average molecular weight is 554 g/mol. The van der Waals surface area contributed by atoms with E-state index in [4.69, 9.17) is 0 Å². The Morgan fingerprint density at radius 2 is 1.53 bits per heavy atom. The number of imidazole rings is 1. The Morgan fingerprint density at radius 1 is 0.842 bits per heavy atom. The van der Waals surface area contributed by atoms with E-state index in [1.54, 1.807) is 5.43 Å². The molecule has 200 valence electrons. The molecule has 18 heteroatoms. The molecule has 0 aliphatic rings. The number of alkyl halides is 9. The summed E-state index contributed by atoms with van der Waals surface area (Å²) >= 11 is 0. The molecular formula is C20H8F10N6O2. The number of carbonyl (C=O) groups is 1. The van der Waals surface area contributed by atoms with Crippen molar-refractivity contribution >= 4 is 17.3 Å². The SMILES string of the molecule is O=C(O)Nn1c(-c2ccc(C(F)(F)F)cc2F)nc2c(C(F)(F)F)nc(-c3cccc(C(F)(F)F)n3)nc21. The number of hydrogen-bond donors (Lipinski definition) is 2. The van der Waals surface area contributed by atoms with Crippen LogP contribution in [0.1, 0.15) is 17.0 Å². The second-order valence-electron chi connectivity index (χ2n) is 7.35. The van der Waals surface area contributed by atoms with Gasteiger partial charge in [-0.2, -0.15) is 39.5 Å². The van der Waals surface area contributed by atoms with Crippen molar-refractivity contribution in [2.75, 3.05) is 5.43 Å². The first-order valence-electron chi connectivity index (χ1n) is 9.76. The number of nitrogens with one attached hydrogen (secondary N) is 1. The predicted molar refractivity (Wildman–Crippen MR) is 106 cm³/mol. The summed E-state index contributed by atoms with van der Waals surface area (Å²) in [4.78, 5) is 24.9. The lowest BCUT2D eigenvalue weighted by molar-refractivity contribution is -0.141. The van der Waals surface area contributed by atoms with Crippen LogP contribution in [-0.4, -0.2) is 35.8 Å². The van der Waals surface area contributed by atoms with Gasteiger partial charge in [-0.3, -0.25) is 0 Å². The number of amides is 1. The standard InChI is InChI=1S/C20H8F10N6O2/c21-9-6-7(18(22,23)24)4-5-8(9)15-32-12-13(20(28,29)30)33-14(34-16(12)36(15)35-17(37)38)10-2-1-3-11(31-10)19(25,26)27/h1-6,35H,(H,37,38). The highest BCUT2D eigenvalue weighted by molar-refractivity contribution is 5.85. The minimum atomic E-state index is -5.35. The smallest absolute Gasteiger partial charge is 0.435 e. The zero-order valence-corrected chi connectivity index (χ0v) is 17.8. The van der Waals surface area contributed by atoms with Crippen LogP contribution in [0, 0.1) is 5.82 Å². The highest BCUT2D eigenvalue weighted by Gasteiger charge is 2.39. The van der Waals surface area contributed by atoms with Crippen LogP contribution in [0.3, 0.4) is 0 Å². The van der Waals surface area contributed by atoms with E-state index in [1.807, 2.05) is 0 Å². The van der Waals surface area contributed by atoms with Crippen molar-refractivity contribution in [2.45, 2.75) is 18.5 Å². The lowest BCUT2D eigenvalue weighted by atomic mass is 10.1. The Hall–Kier alpha value is -4.51. The molecule has 0 fully saturated rings. The maximum absolute atomic E-state index is 14.6. The van der Waals surface area contributed by atoms with Gasteiger partial charge in [0, 0.05) is 0 Å². The number of hydrogen-bond acceptors (Lipinski definition) is 5. The van der Waals surface area contributed by atoms with Gasteiger partial charge in [-0.25, -0.2) is 39.2 Å². The van der Waals surface area contributed by atoms with Crippen molar-refractivity contribution in [3.05, 3.63) is 59.2 Å². The Kier molecular flexibility index (Phi) is 6.15. The van der Waals surface area contributed by atoms with Crippen molar-refractivity contribution in [1.82, 2.24) is 24.6 Å². The third kappa shape index (κ3) is 5.00. The van der Waals surface area contributed by atoms with Crippen LogP contribution < -0.4 is 5.43 Å². The molecule has 38 heavy (non-hydrogen) atoms. The largest absolute Gasteiger partial charge is 0.464 e. The van der Waals surface area contributed by atoms with Crippen LogP contribution in [0.15, 0.2) is 36.4 Å². The molecule has 0 saturated heterocycles. The van der Waals surface area contributed by atoms with Gasteiger partial charge in [0.1, 0.15) is 22.7 Å². The highest BCUT2D eigenvalue weighted by Crippen LogP contribution is 2.38. The summed E-state index contributed by atoms with van der Waals surface area (Å²) in [5.74, 6) is -3.63. The van der Waals surface area contributed by atoms with Crippen LogP contribution in [0.5, 0.6) is 0 Å². The minimum absolute atomic E-state index is 0.00805. The molecule has 3 heterocycles. The fourth-order valence-electron chi connectivity index (χ4n) is 3.24. The van der Waals surface area contributed by atoms with Gasteiger partial charge in [-0.1, -0.05) is 6.07 Å². The van der Waals surface area contributed by atoms with E-state index in [0.29, 0.717) is 18.2 Å². The number of pyridine rings is 1. The number of nitrogens with zero attached hydrogens (tertiary/aromatic N) is 5. The van der Waals surface area contributed by atoms with Crippen LogP contribution in [0.25, 0.3) is 34.1 Å². The van der Waals surface area contributed by atoms with Crippen molar-refractivity contribution in [1.29, 1.82) is 0 Å². The lowest BCUT2D eigenvalue weighted by Crippen LogP contribution is -2.22. The third-order valence-corrected chi connectivity index (χ3v) is 4.79. The molecule has 1 aromatic carbocycles. The van der Waals surface area contributed by atoms with Crippen LogP contribution in [-0.2, 0) is 18.5 Å². The normalized spacial score (nSPS) is 12.7. The second-order valence-corrected chi connectivity index (χ2v) is 7.35. The summed E-state index contributed by atoms with van der Waals surface area (Å²) in [6, 6.07) is 3.05. The van der Waals surface area contributed by atoms with Gasteiger partial charge in [0.2, 0.25) is 0 Å². The number of rotatable bonds is 3. The summed E-state index contributed by atoms with van der Waals surface area (Å²) < 4.78 is 134. The summed E-state index contributed by atoms with van der Waals surface area (Å²) in [7, 11) is 0. The van der Waals surface area contributed by atoms with Gasteiger partial charge >= 0.3 is 24.6 Å². The molecule has 2 N–H and O–H groups in total. The van der Waals surface area contributed by atoms with Crippen LogP contribution >= 0.6 is 0 Å². The fourth-order valence-corrected chi connectivity index (χ4v) is 3.24. The molecule has 0 bridgehead atoms. The first-order valence-corrected chi connectivity index (χ1v) is 9.76. The second kappa shape index (κ2) is 8.80. The van der Waals surface area contributed by atoms with E-state index in [-0.39, 0.29) is 10.7 Å². The van der Waals surface area contributed by atoms with Crippen molar-refractivity contribution in [3.63, 3.8) is 0 Å². The number of fused-ring (bicyclic) bond motifs is 1. The Balaban J connectivity index is 2.04. The number of aromatic nitrogens is 5. The van der Waals surface area contributed by atoms with E-state index in [0.717, 1.165) is 12.1 Å². The zero-order valence-electron chi connectivity index (χ0n) is 17.8. The van der Waals surface area contributed by atoms with Gasteiger partial charge in [-0.05, 0) is 30.3 Å². The maximum atomic E-state index is 14.6. The highest BCUT2D eigenvalue weighted by atomic mass is 19.4. The summed E-state index contributed by atoms with van der Waals surface area (Å²) in [5, 5.41) is 9.17. The number of benzene rings is 1. The van der Waals surface area contributed by atoms with Gasteiger partial charge in [0.25, 0.3) is 0 Å². The van der Waals surface area contributed by atoms with Crippen molar-refractivity contribution in [2.24, 2.45) is 0 Å². The molecule has 4 rings (SSSR count). The van der Waals surface area contributed by atoms with E-state index in [2.05, 4.69) is 19.9 Å². The topological polar surface area (TPSA) is 106 Å². The number of halogens is 10. The first-order chi connectivity index (χ1) is 17.5. The lowest BCUT2D eigenvalue weighted by Gasteiger charge is -2.12. The summed E-state index contributed by atoms with van der Waals surface area (Å²) in [6.07, 6.45) is -17.3. The van der Waals surface area contributed by atoms with Crippen LogP contribution in [0.2, 0.25) is 0 Å². The minimum Gasteiger partial charge on any atom is -0.464 e. The molecule has 0 unspecified atom stereocenters. The van der Waals surface area contributed by atoms with Crippen LogP contribution in [0.4, 0.5) is 48.7 Å². The molecule has 0 spiro atoms. The molecule has 8 nitrogen and oxygen atoms in total. The van der Waals surface area contributed by atoms with Crippen molar-refractivity contribution in [3.8, 4) is 22.9 Å². The molecule has 4 aromatic rings. The third-order valence-electron chi connectivity index (χ3n) is 4.79. The monoisotopic (exact) mass is 554 g/mol. The Bertz CT molecular complexity index is 1560. The van der Waals surface area contributed by atoms with E-state index in [1.165, 1.54) is 0 Å². The Labute approximate surface area is 202 Å². The van der Waals surface area contributed by atoms with Gasteiger partial charge in [0.05, 0.1) is 11.1 Å². The fraction of sp³-hybridized carbons (Fsp3) is 0.150. The predicted octanol–water partition coefficient (Wildman–Crippen LogP) is 5.97. The first kappa shape index (κ1) is 26.6. The van der Waals surface area contributed by atoms with Crippen molar-refractivity contribution < 1.29 is 53.8 Å². The van der Waals surface area contributed by atoms with Gasteiger partial charge < -0.3 is 5.11 Å². The molecule has 0 saturated carbocycles. The Morgan fingerprint density at radius 3 is 2.08 bits per heavy atom. The summed E-state index contributed by atoms with van der Waals surface area (Å²) in [5.41, 5.74) is -7.08. The summed E-state index contributed by atoms with van der Waals surface area (Å²) in [6.45, 7) is 0. The molecule has 0 aliphatic heterocycles. The average Bonchev–Trinajstić information content (AvgIpc) is 3.14. The number of carboxylic acid groups (broad SMARTS) is 1. The van der Waals surface area contributed by atoms with Gasteiger partial charge in [0.15, 0.2) is 23.0 Å². The van der Waals surface area contributed by atoms with Gasteiger partial charge in [-0.15, -0.1) is 0 Å². The molecule has 3 aromatic heterocycles. The zero-order chi connectivity index (χ0) is 28.2. The molecule has 1 amide bonds. The van der Waals surface area contributed by atoms with E-state index >= 15 is 0 Å². The quantitative estimate of drug-likeness (QED) is 0.303. The molecular weight excluding hydrogens is 546 g/mol. The van der Waals surface area contributed by atoms with E-state index in [9.17, 15) is 53.8 Å². The van der Waals surface area contributed by atoms with E-state index < -0.39 is 81.5 Å². The maximum Gasteiger partial charge on any atom is 0.435 e.